The number of carboxylic acid groups (broad SMARTS) is 1. The highest BCUT2D eigenvalue weighted by atomic mass is 19.1. The largest absolute Gasteiger partial charge is 0.497 e. The first kappa shape index (κ1) is 21.2. The first-order valence-electron chi connectivity index (χ1n) is 8.83. The second-order valence-corrected chi connectivity index (χ2v) is 6.45. The van der Waals surface area contributed by atoms with Crippen LogP contribution in [-0.2, 0) is 9.59 Å². The zero-order valence-electron chi connectivity index (χ0n) is 16.1. The first-order valence-corrected chi connectivity index (χ1v) is 8.83. The number of methoxy groups -OCH3 is 2. The smallest absolute Gasteiger partial charge is 0.305 e. The Balaban J connectivity index is 2.19. The van der Waals surface area contributed by atoms with E-state index >= 15 is 0 Å². The highest BCUT2D eigenvalue weighted by Crippen LogP contribution is 2.31. The third-order valence-corrected chi connectivity index (χ3v) is 4.46. The Morgan fingerprint density at radius 1 is 1.07 bits per heavy atom. The van der Waals surface area contributed by atoms with E-state index in [0.717, 1.165) is 0 Å². The molecular weight excluding hydrogens is 365 g/mol. The lowest BCUT2D eigenvalue weighted by atomic mass is 9.96. The van der Waals surface area contributed by atoms with Gasteiger partial charge in [0.05, 0.1) is 26.7 Å². The number of aliphatic carboxylic acids is 1. The summed E-state index contributed by atoms with van der Waals surface area (Å²) in [6.45, 7) is 1.75. The summed E-state index contributed by atoms with van der Waals surface area (Å²) in [5.41, 5.74) is 0.965. The average molecular weight is 389 g/mol. The van der Waals surface area contributed by atoms with Gasteiger partial charge in [0.1, 0.15) is 17.3 Å². The number of hydrogen-bond acceptors (Lipinski definition) is 4. The number of carbonyl (C=O) groups is 2. The van der Waals surface area contributed by atoms with Gasteiger partial charge >= 0.3 is 5.97 Å². The molecule has 0 spiro atoms. The van der Waals surface area contributed by atoms with Gasteiger partial charge in [0.2, 0.25) is 5.91 Å². The fourth-order valence-corrected chi connectivity index (χ4v) is 3.04. The quantitative estimate of drug-likeness (QED) is 0.684. The Labute approximate surface area is 163 Å². The van der Waals surface area contributed by atoms with Crippen molar-refractivity contribution in [3.8, 4) is 11.5 Å². The van der Waals surface area contributed by atoms with Crippen LogP contribution in [0.4, 0.5) is 4.39 Å². The van der Waals surface area contributed by atoms with Crippen molar-refractivity contribution >= 4 is 11.9 Å². The van der Waals surface area contributed by atoms with Crippen molar-refractivity contribution in [3.63, 3.8) is 0 Å². The van der Waals surface area contributed by atoms with Gasteiger partial charge in [-0.15, -0.1) is 0 Å². The fourth-order valence-electron chi connectivity index (χ4n) is 3.04. The molecule has 2 atom stereocenters. The van der Waals surface area contributed by atoms with Gasteiger partial charge in [0.15, 0.2) is 0 Å². The summed E-state index contributed by atoms with van der Waals surface area (Å²) in [5, 5.41) is 12.0. The Kier molecular flexibility index (Phi) is 7.37. The van der Waals surface area contributed by atoms with E-state index < -0.39 is 12.0 Å². The van der Waals surface area contributed by atoms with E-state index in [2.05, 4.69) is 5.32 Å². The van der Waals surface area contributed by atoms with E-state index in [4.69, 9.17) is 9.47 Å². The average Bonchev–Trinajstić information content (AvgIpc) is 2.66. The summed E-state index contributed by atoms with van der Waals surface area (Å²) in [6.07, 6.45) is -0.294. The van der Waals surface area contributed by atoms with Gasteiger partial charge in [-0.3, -0.25) is 9.59 Å². The molecule has 2 aromatic rings. The first-order chi connectivity index (χ1) is 13.3. The van der Waals surface area contributed by atoms with E-state index in [1.165, 1.54) is 20.3 Å². The number of nitrogens with one attached hydrogen (secondary N) is 1. The van der Waals surface area contributed by atoms with Crippen LogP contribution in [0.3, 0.4) is 0 Å². The lowest BCUT2D eigenvalue weighted by Gasteiger charge is -2.21. The van der Waals surface area contributed by atoms with Crippen LogP contribution in [-0.4, -0.2) is 31.2 Å². The van der Waals surface area contributed by atoms with Crippen LogP contribution < -0.4 is 14.8 Å². The molecule has 2 aromatic carbocycles. The molecule has 6 nitrogen and oxygen atoms in total. The monoisotopic (exact) mass is 389 g/mol. The molecule has 1 amide bonds. The maximum absolute atomic E-state index is 13.9. The number of rotatable bonds is 9. The Morgan fingerprint density at radius 3 is 2.39 bits per heavy atom. The predicted molar refractivity (Wildman–Crippen MR) is 102 cm³/mol. The summed E-state index contributed by atoms with van der Waals surface area (Å²) in [4.78, 5) is 23.8. The molecule has 150 valence electrons. The second kappa shape index (κ2) is 9.73. The molecule has 2 unspecified atom stereocenters. The van der Waals surface area contributed by atoms with Crippen molar-refractivity contribution in [1.29, 1.82) is 0 Å². The van der Waals surface area contributed by atoms with E-state index in [-0.39, 0.29) is 30.5 Å². The maximum atomic E-state index is 13.9. The fraction of sp³-hybridized carbons (Fsp3) is 0.333. The van der Waals surface area contributed by atoms with Crippen LogP contribution >= 0.6 is 0 Å². The third-order valence-electron chi connectivity index (χ3n) is 4.46. The van der Waals surface area contributed by atoms with Gasteiger partial charge in [-0.1, -0.05) is 25.1 Å². The zero-order valence-corrected chi connectivity index (χ0v) is 16.1. The Hall–Kier alpha value is -3.09. The van der Waals surface area contributed by atoms with Gasteiger partial charge in [0.25, 0.3) is 0 Å². The summed E-state index contributed by atoms with van der Waals surface area (Å²) >= 11 is 0. The molecule has 28 heavy (non-hydrogen) atoms. The van der Waals surface area contributed by atoms with Crippen molar-refractivity contribution in [3.05, 3.63) is 59.4 Å². The topological polar surface area (TPSA) is 84.9 Å². The van der Waals surface area contributed by atoms with Gasteiger partial charge in [-0.25, -0.2) is 4.39 Å². The minimum Gasteiger partial charge on any atom is -0.497 e. The molecule has 0 heterocycles. The van der Waals surface area contributed by atoms with Gasteiger partial charge in [0, 0.05) is 18.1 Å². The molecule has 0 saturated heterocycles. The number of halogens is 1. The van der Waals surface area contributed by atoms with Crippen LogP contribution in [0.15, 0.2) is 42.5 Å². The highest BCUT2D eigenvalue weighted by Gasteiger charge is 2.23. The predicted octanol–water partition coefficient (Wildman–Crippen LogP) is 3.67. The molecule has 0 fully saturated rings. The number of amides is 1. The SMILES string of the molecule is COc1ccc(C(CC(=O)O)NC(=O)CC(C)c2ccccc2F)c(OC)c1. The second-order valence-electron chi connectivity index (χ2n) is 6.45. The molecule has 0 aromatic heterocycles. The molecule has 0 aliphatic carbocycles. The van der Waals surface area contributed by atoms with Crippen molar-refractivity contribution in [2.75, 3.05) is 14.2 Å². The summed E-state index contributed by atoms with van der Waals surface area (Å²) in [5.74, 6) is -1.21. The standard InChI is InChI=1S/C21H24FNO5/c1-13(15-6-4-5-7-17(15)22)10-20(24)23-18(12-21(25)26)16-9-8-14(27-2)11-19(16)28-3/h4-9,11,13,18H,10,12H2,1-3H3,(H,23,24)(H,25,26). The minimum atomic E-state index is -1.06. The molecule has 0 aliphatic heterocycles. The number of benzene rings is 2. The molecule has 0 saturated carbocycles. The van der Waals surface area contributed by atoms with E-state index in [9.17, 15) is 19.1 Å². The van der Waals surface area contributed by atoms with E-state index in [1.807, 2.05) is 0 Å². The highest BCUT2D eigenvalue weighted by molar-refractivity contribution is 5.78. The Morgan fingerprint density at radius 2 is 1.79 bits per heavy atom. The lowest BCUT2D eigenvalue weighted by Crippen LogP contribution is -2.31. The van der Waals surface area contributed by atoms with Crippen LogP contribution in [0.5, 0.6) is 11.5 Å². The van der Waals surface area contributed by atoms with Crippen LogP contribution in [0.1, 0.15) is 42.9 Å². The molecule has 0 radical (unpaired) electrons. The summed E-state index contributed by atoms with van der Waals surface area (Å²) < 4.78 is 24.4. The minimum absolute atomic E-state index is 0.0233. The lowest BCUT2D eigenvalue weighted by molar-refractivity contribution is -0.137. The Bertz CT molecular complexity index is 839. The number of carbonyl (C=O) groups excluding carboxylic acids is 1. The van der Waals surface area contributed by atoms with E-state index in [0.29, 0.717) is 22.6 Å². The third kappa shape index (κ3) is 5.45. The van der Waals surface area contributed by atoms with E-state index in [1.54, 1.807) is 43.3 Å². The van der Waals surface area contributed by atoms with Gasteiger partial charge in [-0.2, -0.15) is 0 Å². The molecule has 2 rings (SSSR count). The summed E-state index contributed by atoms with van der Waals surface area (Å²) in [6, 6.07) is 10.4. The molecule has 0 bridgehead atoms. The van der Waals surface area contributed by atoms with Gasteiger partial charge in [-0.05, 0) is 29.7 Å². The van der Waals surface area contributed by atoms with Crippen LogP contribution in [0, 0.1) is 5.82 Å². The normalized spacial score (nSPS) is 12.7. The van der Waals surface area contributed by atoms with Crippen LogP contribution in [0.25, 0.3) is 0 Å². The van der Waals surface area contributed by atoms with Crippen LogP contribution in [0.2, 0.25) is 0 Å². The van der Waals surface area contributed by atoms with Crippen molar-refractivity contribution < 1.29 is 28.6 Å². The van der Waals surface area contributed by atoms with Crippen molar-refractivity contribution in [2.45, 2.75) is 31.7 Å². The number of hydrogen-bond donors (Lipinski definition) is 2. The van der Waals surface area contributed by atoms with Crippen molar-refractivity contribution in [1.82, 2.24) is 5.32 Å². The number of carboxylic acids is 1. The number of ether oxygens (including phenoxy) is 2. The van der Waals surface area contributed by atoms with Crippen molar-refractivity contribution in [2.24, 2.45) is 0 Å². The van der Waals surface area contributed by atoms with Gasteiger partial charge < -0.3 is 19.9 Å². The maximum Gasteiger partial charge on any atom is 0.305 e. The molecule has 7 heteroatoms. The molecular formula is C21H24FNO5. The zero-order chi connectivity index (χ0) is 20.7. The summed E-state index contributed by atoms with van der Waals surface area (Å²) in [7, 11) is 2.97. The molecule has 0 aliphatic rings. The molecule has 2 N–H and O–H groups in total.